The van der Waals surface area contributed by atoms with Gasteiger partial charge in [0.2, 0.25) is 5.91 Å². The van der Waals surface area contributed by atoms with Crippen LogP contribution in [0.15, 0.2) is 47.4 Å². The lowest BCUT2D eigenvalue weighted by Gasteiger charge is -2.21. The minimum atomic E-state index is -3.84. The molecule has 154 valence electrons. The van der Waals surface area contributed by atoms with Crippen molar-refractivity contribution in [1.29, 1.82) is 0 Å². The normalized spacial score (nSPS) is 23.2. The van der Waals surface area contributed by atoms with Crippen molar-refractivity contribution in [2.75, 3.05) is 10.0 Å². The first kappa shape index (κ1) is 20.2. The van der Waals surface area contributed by atoms with Crippen LogP contribution in [0, 0.1) is 24.7 Å². The number of fused-ring (bicyclic) bond motifs is 2. The fraction of sp³-hybridized carbons (Fsp3) is 0.409. The van der Waals surface area contributed by atoms with Crippen LogP contribution in [-0.2, 0) is 14.8 Å². The molecule has 29 heavy (non-hydrogen) atoms. The fourth-order valence-electron chi connectivity index (χ4n) is 4.79. The lowest BCUT2D eigenvalue weighted by Crippen LogP contribution is -2.21. The average Bonchev–Trinajstić information content (AvgIpc) is 3.28. The van der Waals surface area contributed by atoms with Gasteiger partial charge in [-0.3, -0.25) is 9.52 Å². The molecule has 2 aliphatic rings. The van der Waals surface area contributed by atoms with Crippen molar-refractivity contribution < 1.29 is 13.2 Å². The van der Waals surface area contributed by atoms with Crippen LogP contribution in [0.3, 0.4) is 0 Å². The van der Waals surface area contributed by atoms with Crippen molar-refractivity contribution >= 4 is 38.9 Å². The molecule has 3 unspecified atom stereocenters. The second-order valence-corrected chi connectivity index (χ2v) is 10.3. The predicted molar refractivity (Wildman–Crippen MR) is 116 cm³/mol. The Bertz CT molecular complexity index is 1040. The molecule has 2 saturated carbocycles. The van der Waals surface area contributed by atoms with Gasteiger partial charge >= 0.3 is 0 Å². The summed E-state index contributed by atoms with van der Waals surface area (Å²) in [6, 6.07) is 11.6. The number of para-hydroxylation sites is 1. The summed E-state index contributed by atoms with van der Waals surface area (Å²) in [5.74, 6) is 1.89. The molecule has 4 rings (SSSR count). The number of hydrogen-bond donors (Lipinski definition) is 2. The molecule has 0 spiro atoms. The Balaban J connectivity index is 1.48. The number of anilines is 2. The molecule has 2 bridgehead atoms. The molecule has 2 aromatic rings. The molecule has 3 atom stereocenters. The first-order valence-corrected chi connectivity index (χ1v) is 11.9. The van der Waals surface area contributed by atoms with Gasteiger partial charge in [0, 0.05) is 12.1 Å². The van der Waals surface area contributed by atoms with E-state index in [4.69, 9.17) is 11.6 Å². The number of carbonyl (C=O) groups is 1. The second-order valence-electron chi connectivity index (χ2n) is 8.25. The third kappa shape index (κ3) is 4.43. The first-order chi connectivity index (χ1) is 13.8. The zero-order chi connectivity index (χ0) is 20.6. The zero-order valence-electron chi connectivity index (χ0n) is 16.3. The van der Waals surface area contributed by atoms with Gasteiger partial charge in [0.05, 0.1) is 15.6 Å². The summed E-state index contributed by atoms with van der Waals surface area (Å²) < 4.78 is 28.3. The summed E-state index contributed by atoms with van der Waals surface area (Å²) in [5, 5.41) is 3.21. The number of carbonyl (C=O) groups excluding carboxylic acids is 1. The smallest absolute Gasteiger partial charge is 0.262 e. The second kappa shape index (κ2) is 8.00. The number of halogens is 1. The average molecular weight is 433 g/mol. The maximum atomic E-state index is 12.9. The van der Waals surface area contributed by atoms with Crippen LogP contribution < -0.4 is 10.0 Å². The van der Waals surface area contributed by atoms with Crippen LogP contribution in [0.5, 0.6) is 0 Å². The number of nitrogens with one attached hydrogen (secondary N) is 2. The monoisotopic (exact) mass is 432 g/mol. The van der Waals surface area contributed by atoms with Gasteiger partial charge in [-0.1, -0.05) is 36.2 Å². The third-order valence-corrected chi connectivity index (χ3v) is 8.05. The molecule has 0 aliphatic heterocycles. The summed E-state index contributed by atoms with van der Waals surface area (Å²) in [4.78, 5) is 12.7. The molecule has 2 fully saturated rings. The molecule has 2 aromatic carbocycles. The van der Waals surface area contributed by atoms with Crippen LogP contribution in [0.4, 0.5) is 11.4 Å². The van der Waals surface area contributed by atoms with Gasteiger partial charge in [0.15, 0.2) is 0 Å². The van der Waals surface area contributed by atoms with Crippen LogP contribution >= 0.6 is 11.6 Å². The molecule has 0 heterocycles. The standard InChI is InChI=1S/C22H25ClN2O3S/c1-14-6-9-18(24-22(26)12-17-11-15-7-8-16(17)10-15)13-21(14)29(27,28)25-20-5-3-2-4-19(20)23/h2-6,9,13,15-17,25H,7-8,10-12H2,1H3,(H,24,26). The minimum absolute atomic E-state index is 0.0474. The van der Waals surface area contributed by atoms with Crippen LogP contribution in [-0.4, -0.2) is 14.3 Å². The predicted octanol–water partition coefficient (Wildman–Crippen LogP) is 5.21. The Morgan fingerprint density at radius 2 is 1.93 bits per heavy atom. The highest BCUT2D eigenvalue weighted by molar-refractivity contribution is 7.92. The Kier molecular flexibility index (Phi) is 5.58. The van der Waals surface area contributed by atoms with E-state index in [9.17, 15) is 13.2 Å². The van der Waals surface area contributed by atoms with Gasteiger partial charge in [-0.25, -0.2) is 8.42 Å². The minimum Gasteiger partial charge on any atom is -0.326 e. The van der Waals surface area contributed by atoms with E-state index >= 15 is 0 Å². The topological polar surface area (TPSA) is 75.3 Å². The van der Waals surface area contributed by atoms with Crippen LogP contribution in [0.2, 0.25) is 5.02 Å². The van der Waals surface area contributed by atoms with Gasteiger partial charge in [-0.05, 0) is 73.8 Å². The molecule has 0 aromatic heterocycles. The van der Waals surface area contributed by atoms with E-state index in [2.05, 4.69) is 10.0 Å². The first-order valence-electron chi connectivity index (χ1n) is 9.99. The van der Waals surface area contributed by atoms with Crippen molar-refractivity contribution in [2.45, 2.75) is 43.9 Å². The highest BCUT2D eigenvalue weighted by Crippen LogP contribution is 2.49. The lowest BCUT2D eigenvalue weighted by atomic mass is 9.86. The number of aryl methyl sites for hydroxylation is 1. The Hall–Kier alpha value is -2.05. The van der Waals surface area contributed by atoms with Gasteiger partial charge in [-0.15, -0.1) is 0 Å². The number of amides is 1. The molecule has 0 saturated heterocycles. The lowest BCUT2D eigenvalue weighted by molar-refractivity contribution is -0.117. The quantitative estimate of drug-likeness (QED) is 0.657. The number of rotatable bonds is 6. The zero-order valence-corrected chi connectivity index (χ0v) is 17.9. The highest BCUT2D eigenvalue weighted by atomic mass is 35.5. The van der Waals surface area contributed by atoms with Gasteiger partial charge in [0.25, 0.3) is 10.0 Å². The SMILES string of the molecule is Cc1ccc(NC(=O)CC2CC3CCC2C3)cc1S(=O)(=O)Nc1ccccc1Cl. The van der Waals surface area contributed by atoms with E-state index in [1.807, 2.05) is 0 Å². The number of hydrogen-bond acceptors (Lipinski definition) is 3. The number of benzene rings is 2. The van der Waals surface area contributed by atoms with Gasteiger partial charge in [0.1, 0.15) is 0 Å². The summed E-state index contributed by atoms with van der Waals surface area (Å²) in [5.41, 5.74) is 1.40. The van der Waals surface area contributed by atoms with Crippen molar-refractivity contribution in [2.24, 2.45) is 17.8 Å². The van der Waals surface area contributed by atoms with Crippen molar-refractivity contribution in [1.82, 2.24) is 0 Å². The molecule has 1 amide bonds. The van der Waals surface area contributed by atoms with E-state index in [1.165, 1.54) is 25.3 Å². The maximum Gasteiger partial charge on any atom is 0.262 e. The van der Waals surface area contributed by atoms with Crippen molar-refractivity contribution in [3.05, 3.63) is 53.1 Å². The number of sulfonamides is 1. The van der Waals surface area contributed by atoms with E-state index in [-0.39, 0.29) is 10.8 Å². The Labute approximate surface area is 176 Å². The van der Waals surface area contributed by atoms with Gasteiger partial charge in [-0.2, -0.15) is 0 Å². The van der Waals surface area contributed by atoms with Crippen molar-refractivity contribution in [3.63, 3.8) is 0 Å². The molecule has 2 aliphatic carbocycles. The highest BCUT2D eigenvalue weighted by Gasteiger charge is 2.40. The van der Waals surface area contributed by atoms with Crippen molar-refractivity contribution in [3.8, 4) is 0 Å². The molecular formula is C22H25ClN2O3S. The molecular weight excluding hydrogens is 408 g/mol. The molecule has 5 nitrogen and oxygen atoms in total. The largest absolute Gasteiger partial charge is 0.326 e. The van der Waals surface area contributed by atoms with E-state index in [0.29, 0.717) is 40.2 Å². The van der Waals surface area contributed by atoms with Crippen LogP contribution in [0.1, 0.15) is 37.7 Å². The van der Waals surface area contributed by atoms with E-state index < -0.39 is 10.0 Å². The summed E-state index contributed by atoms with van der Waals surface area (Å²) >= 11 is 6.08. The fourth-order valence-corrected chi connectivity index (χ4v) is 6.38. The van der Waals surface area contributed by atoms with Gasteiger partial charge < -0.3 is 5.32 Å². The summed E-state index contributed by atoms with van der Waals surface area (Å²) in [7, 11) is -3.84. The molecule has 2 N–H and O–H groups in total. The van der Waals surface area contributed by atoms with Crippen LogP contribution in [0.25, 0.3) is 0 Å². The van der Waals surface area contributed by atoms with E-state index in [1.54, 1.807) is 43.3 Å². The summed E-state index contributed by atoms with van der Waals surface area (Å²) in [6.07, 6.45) is 5.46. The Morgan fingerprint density at radius 3 is 2.62 bits per heavy atom. The molecule has 7 heteroatoms. The maximum absolute atomic E-state index is 12.9. The molecule has 0 radical (unpaired) electrons. The Morgan fingerprint density at radius 1 is 1.14 bits per heavy atom. The van der Waals surface area contributed by atoms with E-state index in [0.717, 1.165) is 12.3 Å². The third-order valence-electron chi connectivity index (χ3n) is 6.21. The summed E-state index contributed by atoms with van der Waals surface area (Å²) in [6.45, 7) is 1.72.